The van der Waals surface area contributed by atoms with Crippen molar-refractivity contribution in [1.82, 2.24) is 4.90 Å². The van der Waals surface area contributed by atoms with E-state index in [0.717, 1.165) is 24.2 Å². The van der Waals surface area contributed by atoms with Crippen LogP contribution in [0.4, 0.5) is 5.69 Å². The minimum absolute atomic E-state index is 0. The molecular formula is C21H29ClN2O4S. The molecule has 29 heavy (non-hydrogen) atoms. The molecule has 1 fully saturated rings. The lowest BCUT2D eigenvalue weighted by Crippen LogP contribution is -2.46. The van der Waals surface area contributed by atoms with E-state index in [1.165, 1.54) is 4.31 Å². The molecule has 1 heterocycles. The first-order valence-corrected chi connectivity index (χ1v) is 10.9. The summed E-state index contributed by atoms with van der Waals surface area (Å²) in [4.78, 5) is 2.32. The van der Waals surface area contributed by atoms with Gasteiger partial charge in [0.05, 0.1) is 36.4 Å². The summed E-state index contributed by atoms with van der Waals surface area (Å²) in [6.07, 6.45) is -0.807. The third-order valence-electron chi connectivity index (χ3n) is 4.85. The van der Waals surface area contributed by atoms with E-state index in [9.17, 15) is 13.5 Å². The minimum atomic E-state index is -3.79. The van der Waals surface area contributed by atoms with Crippen LogP contribution >= 0.6 is 12.4 Å². The number of β-amino-alcohol motifs (C(OH)–C–C–N with tert-alkyl or cyclic N) is 1. The standard InChI is InChI=1S/C21H28N2O4S.ClH/c1-17-6-8-21(9-7-17)28(25,26)23(19-5-3-4-18(2)14-19)16-20(24)15-22-10-12-27-13-11-22;/h3-9,14,20,24H,10-13,15-16H2,1-2H3;1H. The van der Waals surface area contributed by atoms with Crippen LogP contribution in [0.25, 0.3) is 0 Å². The second kappa shape index (κ2) is 10.4. The van der Waals surface area contributed by atoms with Crippen LogP contribution in [-0.4, -0.2) is 63.9 Å². The SMILES string of the molecule is Cc1ccc(S(=O)(=O)N(CC(O)CN2CCOCC2)c2cccc(C)c2)cc1.Cl. The average Bonchev–Trinajstić information content (AvgIpc) is 2.67. The maximum atomic E-state index is 13.4. The largest absolute Gasteiger partial charge is 0.390 e. The highest BCUT2D eigenvalue weighted by Gasteiger charge is 2.28. The first-order chi connectivity index (χ1) is 13.4. The van der Waals surface area contributed by atoms with Crippen LogP contribution in [0.1, 0.15) is 11.1 Å². The number of anilines is 1. The van der Waals surface area contributed by atoms with Gasteiger partial charge < -0.3 is 9.84 Å². The van der Waals surface area contributed by atoms with E-state index >= 15 is 0 Å². The summed E-state index contributed by atoms with van der Waals surface area (Å²) in [5.41, 5.74) is 2.51. The molecule has 8 heteroatoms. The van der Waals surface area contributed by atoms with E-state index in [-0.39, 0.29) is 23.8 Å². The average molecular weight is 441 g/mol. The number of aliphatic hydroxyl groups is 1. The number of aryl methyl sites for hydroxylation is 2. The second-order valence-corrected chi connectivity index (χ2v) is 9.12. The van der Waals surface area contributed by atoms with Gasteiger partial charge in [0.25, 0.3) is 10.0 Å². The molecule has 1 N–H and O–H groups in total. The van der Waals surface area contributed by atoms with Gasteiger partial charge in [-0.05, 0) is 43.7 Å². The fraction of sp³-hybridized carbons (Fsp3) is 0.429. The maximum Gasteiger partial charge on any atom is 0.264 e. The van der Waals surface area contributed by atoms with Gasteiger partial charge in [0, 0.05) is 19.6 Å². The van der Waals surface area contributed by atoms with Gasteiger partial charge in [-0.3, -0.25) is 9.21 Å². The molecule has 160 valence electrons. The van der Waals surface area contributed by atoms with Crippen molar-refractivity contribution < 1.29 is 18.3 Å². The number of nitrogens with zero attached hydrogens (tertiary/aromatic N) is 2. The summed E-state index contributed by atoms with van der Waals surface area (Å²) in [6.45, 7) is 7.00. The number of rotatable bonds is 7. The van der Waals surface area contributed by atoms with E-state index in [2.05, 4.69) is 4.90 Å². The zero-order chi connectivity index (χ0) is 20.1. The van der Waals surface area contributed by atoms with Gasteiger partial charge in [0.2, 0.25) is 0 Å². The Balaban J connectivity index is 0.00000300. The third kappa shape index (κ3) is 6.17. The summed E-state index contributed by atoms with van der Waals surface area (Å²) in [5, 5.41) is 10.7. The number of morpholine rings is 1. The van der Waals surface area contributed by atoms with Gasteiger partial charge in [-0.15, -0.1) is 12.4 Å². The molecule has 1 aliphatic heterocycles. The Morgan fingerprint density at radius 1 is 1.07 bits per heavy atom. The summed E-state index contributed by atoms with van der Waals surface area (Å²) < 4.78 is 33.4. The number of halogens is 1. The van der Waals surface area contributed by atoms with Crippen molar-refractivity contribution in [2.24, 2.45) is 0 Å². The molecule has 1 unspecified atom stereocenters. The van der Waals surface area contributed by atoms with Gasteiger partial charge >= 0.3 is 0 Å². The van der Waals surface area contributed by atoms with Crippen molar-refractivity contribution in [2.45, 2.75) is 24.8 Å². The highest BCUT2D eigenvalue weighted by molar-refractivity contribution is 7.92. The number of hydrogen-bond acceptors (Lipinski definition) is 5. The maximum absolute atomic E-state index is 13.4. The Morgan fingerprint density at radius 3 is 2.34 bits per heavy atom. The summed E-state index contributed by atoms with van der Waals surface area (Å²) in [6, 6.07) is 14.1. The molecule has 0 amide bonds. The Bertz CT molecular complexity index is 884. The zero-order valence-corrected chi connectivity index (χ0v) is 18.5. The van der Waals surface area contributed by atoms with Crippen molar-refractivity contribution in [3.05, 3.63) is 59.7 Å². The molecule has 2 aromatic carbocycles. The summed E-state index contributed by atoms with van der Waals surface area (Å²) in [5.74, 6) is 0. The molecule has 0 saturated carbocycles. The molecule has 1 saturated heterocycles. The van der Waals surface area contributed by atoms with Crippen molar-refractivity contribution in [1.29, 1.82) is 0 Å². The van der Waals surface area contributed by atoms with Crippen LogP contribution in [0.15, 0.2) is 53.4 Å². The lowest BCUT2D eigenvalue weighted by atomic mass is 10.2. The lowest BCUT2D eigenvalue weighted by molar-refractivity contribution is 0.0166. The Labute approximate surface area is 179 Å². The molecule has 0 radical (unpaired) electrons. The number of hydrogen-bond donors (Lipinski definition) is 1. The predicted molar refractivity (Wildman–Crippen MR) is 117 cm³/mol. The highest BCUT2D eigenvalue weighted by atomic mass is 35.5. The van der Waals surface area contributed by atoms with E-state index < -0.39 is 16.1 Å². The predicted octanol–water partition coefficient (Wildman–Crippen LogP) is 2.61. The molecule has 0 bridgehead atoms. The molecule has 0 aliphatic carbocycles. The molecule has 0 aromatic heterocycles. The van der Waals surface area contributed by atoms with E-state index in [0.29, 0.717) is 25.4 Å². The van der Waals surface area contributed by atoms with E-state index in [1.807, 2.05) is 32.0 Å². The van der Waals surface area contributed by atoms with Crippen molar-refractivity contribution in [3.8, 4) is 0 Å². The Morgan fingerprint density at radius 2 is 1.72 bits per heavy atom. The molecule has 1 aliphatic rings. The monoisotopic (exact) mass is 440 g/mol. The van der Waals surface area contributed by atoms with Crippen molar-refractivity contribution in [2.75, 3.05) is 43.7 Å². The van der Waals surface area contributed by atoms with Crippen LogP contribution in [0.3, 0.4) is 0 Å². The van der Waals surface area contributed by atoms with Crippen LogP contribution in [0.5, 0.6) is 0 Å². The number of sulfonamides is 1. The fourth-order valence-corrected chi connectivity index (χ4v) is 4.79. The van der Waals surface area contributed by atoms with Crippen LogP contribution in [-0.2, 0) is 14.8 Å². The molecular weight excluding hydrogens is 412 g/mol. The van der Waals surface area contributed by atoms with Crippen LogP contribution in [0.2, 0.25) is 0 Å². The molecule has 3 rings (SSSR count). The molecule has 6 nitrogen and oxygen atoms in total. The van der Waals surface area contributed by atoms with Gasteiger partial charge in [-0.1, -0.05) is 29.8 Å². The van der Waals surface area contributed by atoms with E-state index in [1.54, 1.807) is 30.3 Å². The number of ether oxygens (including phenoxy) is 1. The number of aliphatic hydroxyl groups excluding tert-OH is 1. The van der Waals surface area contributed by atoms with Gasteiger partial charge in [-0.25, -0.2) is 8.42 Å². The normalized spacial score (nSPS) is 16.1. The zero-order valence-electron chi connectivity index (χ0n) is 16.8. The molecule has 0 spiro atoms. The van der Waals surface area contributed by atoms with Crippen LogP contribution < -0.4 is 4.31 Å². The van der Waals surface area contributed by atoms with Gasteiger partial charge in [-0.2, -0.15) is 0 Å². The van der Waals surface area contributed by atoms with Crippen LogP contribution in [0, 0.1) is 13.8 Å². The Hall–Kier alpha value is -1.64. The van der Waals surface area contributed by atoms with Crippen molar-refractivity contribution >= 4 is 28.1 Å². The fourth-order valence-electron chi connectivity index (χ4n) is 3.29. The molecule has 2 aromatic rings. The first-order valence-electron chi connectivity index (χ1n) is 9.50. The second-order valence-electron chi connectivity index (χ2n) is 7.26. The van der Waals surface area contributed by atoms with Crippen molar-refractivity contribution in [3.63, 3.8) is 0 Å². The minimum Gasteiger partial charge on any atom is -0.390 e. The first kappa shape index (κ1) is 23.6. The number of benzene rings is 2. The van der Waals surface area contributed by atoms with Gasteiger partial charge in [0.1, 0.15) is 0 Å². The molecule has 1 atom stereocenters. The third-order valence-corrected chi connectivity index (χ3v) is 6.66. The quantitative estimate of drug-likeness (QED) is 0.716. The highest BCUT2D eigenvalue weighted by Crippen LogP contribution is 2.25. The smallest absolute Gasteiger partial charge is 0.264 e. The summed E-state index contributed by atoms with van der Waals surface area (Å²) in [7, 11) is -3.79. The van der Waals surface area contributed by atoms with Gasteiger partial charge in [0.15, 0.2) is 0 Å². The Kier molecular flexibility index (Phi) is 8.48. The van der Waals surface area contributed by atoms with E-state index in [4.69, 9.17) is 4.74 Å². The topological polar surface area (TPSA) is 70.1 Å². The summed E-state index contributed by atoms with van der Waals surface area (Å²) >= 11 is 0. The lowest BCUT2D eigenvalue weighted by Gasteiger charge is -2.31.